The first-order chi connectivity index (χ1) is 11.3. The summed E-state index contributed by atoms with van der Waals surface area (Å²) < 4.78 is 0. The maximum absolute atomic E-state index is 10.3. The number of carbonyl (C=O) groups is 1. The Balaban J connectivity index is 2.96. The highest BCUT2D eigenvalue weighted by Crippen LogP contribution is 2.10. The van der Waals surface area contributed by atoms with Crippen LogP contribution in [0.25, 0.3) is 0 Å². The highest BCUT2D eigenvalue weighted by molar-refractivity contribution is 5.68. The minimum Gasteiger partial charge on any atom is -0.480 e. The van der Waals surface area contributed by atoms with Gasteiger partial charge in [-0.15, -0.1) is 0 Å². The average molecular weight is 330 g/mol. The van der Waals surface area contributed by atoms with Crippen molar-refractivity contribution in [2.24, 2.45) is 0 Å². The third-order valence-electron chi connectivity index (χ3n) is 3.94. The van der Waals surface area contributed by atoms with Crippen LogP contribution in [0.2, 0.25) is 0 Å². The van der Waals surface area contributed by atoms with Crippen LogP contribution < -0.4 is 16.0 Å². The highest BCUT2D eigenvalue weighted by atomic mass is 16.4. The van der Waals surface area contributed by atoms with Crippen molar-refractivity contribution in [1.82, 2.24) is 16.0 Å². The number of carboxylic acids is 1. The average Bonchev–Trinajstić information content (AvgIpc) is 2.53. The van der Waals surface area contributed by atoms with Crippen molar-refractivity contribution in [1.29, 1.82) is 0 Å². The summed E-state index contributed by atoms with van der Waals surface area (Å²) in [6.07, 6.45) is 13.8. The second-order valence-corrected chi connectivity index (χ2v) is 6.25. The monoisotopic (exact) mass is 329 g/mol. The molecule has 0 aliphatic heterocycles. The van der Waals surface area contributed by atoms with E-state index in [1.54, 1.807) is 0 Å². The second kappa shape index (κ2) is 19.4. The van der Waals surface area contributed by atoms with E-state index in [-0.39, 0.29) is 6.54 Å². The van der Waals surface area contributed by atoms with Gasteiger partial charge in [0.2, 0.25) is 0 Å². The van der Waals surface area contributed by atoms with E-state index in [0.717, 1.165) is 26.2 Å². The predicted octanol–water partition coefficient (Wildman–Crippen LogP) is 2.76. The molecule has 0 aromatic rings. The zero-order valence-electron chi connectivity index (χ0n) is 15.2. The fourth-order valence-corrected chi connectivity index (χ4v) is 2.54. The summed E-state index contributed by atoms with van der Waals surface area (Å²) >= 11 is 0. The van der Waals surface area contributed by atoms with Gasteiger partial charge in [0.1, 0.15) is 0 Å². The molecule has 0 heterocycles. The largest absolute Gasteiger partial charge is 0.480 e. The number of nitrogens with one attached hydrogen (secondary N) is 3. The molecule has 0 rings (SSSR count). The lowest BCUT2D eigenvalue weighted by Gasteiger charge is -2.07. The van der Waals surface area contributed by atoms with E-state index in [0.29, 0.717) is 6.54 Å². The lowest BCUT2D eigenvalue weighted by Crippen LogP contribution is -2.34. The van der Waals surface area contributed by atoms with Crippen molar-refractivity contribution in [2.75, 3.05) is 39.3 Å². The molecule has 0 amide bonds. The van der Waals surface area contributed by atoms with Gasteiger partial charge in [0, 0.05) is 26.2 Å². The molecular formula is C18H39N3O2. The Hall–Kier alpha value is -0.650. The predicted molar refractivity (Wildman–Crippen MR) is 98.1 cm³/mol. The number of rotatable bonds is 19. The fraction of sp³-hybridized carbons (Fsp3) is 0.944. The molecule has 0 aromatic carbocycles. The van der Waals surface area contributed by atoms with E-state index in [1.165, 1.54) is 64.2 Å². The van der Waals surface area contributed by atoms with Crippen molar-refractivity contribution in [3.63, 3.8) is 0 Å². The molecule has 0 unspecified atom stereocenters. The van der Waals surface area contributed by atoms with Gasteiger partial charge in [0.25, 0.3) is 0 Å². The smallest absolute Gasteiger partial charge is 0.317 e. The molecule has 23 heavy (non-hydrogen) atoms. The molecule has 0 aliphatic rings. The molecule has 5 heteroatoms. The van der Waals surface area contributed by atoms with Crippen molar-refractivity contribution in [2.45, 2.75) is 71.1 Å². The first-order valence-corrected chi connectivity index (χ1v) is 9.61. The van der Waals surface area contributed by atoms with Crippen molar-refractivity contribution in [3.8, 4) is 0 Å². The number of hydrogen-bond acceptors (Lipinski definition) is 4. The minimum atomic E-state index is -0.803. The molecule has 0 bridgehead atoms. The highest BCUT2D eigenvalue weighted by Gasteiger charge is 1.95. The molecule has 5 nitrogen and oxygen atoms in total. The van der Waals surface area contributed by atoms with E-state index >= 15 is 0 Å². The molecule has 0 radical (unpaired) electrons. The summed E-state index contributed by atoms with van der Waals surface area (Å²) in [5.74, 6) is -0.803. The Morgan fingerprint density at radius 2 is 1.09 bits per heavy atom. The zero-order valence-corrected chi connectivity index (χ0v) is 15.2. The maximum atomic E-state index is 10.3. The maximum Gasteiger partial charge on any atom is 0.317 e. The van der Waals surface area contributed by atoms with Gasteiger partial charge in [-0.1, -0.05) is 64.7 Å². The van der Waals surface area contributed by atoms with Crippen LogP contribution in [0.3, 0.4) is 0 Å². The van der Waals surface area contributed by atoms with Crippen LogP contribution in [0, 0.1) is 0 Å². The molecular weight excluding hydrogens is 290 g/mol. The molecule has 0 aliphatic carbocycles. The number of unbranched alkanes of at least 4 members (excludes halogenated alkanes) is 9. The lowest BCUT2D eigenvalue weighted by atomic mass is 10.1. The summed E-state index contributed by atoms with van der Waals surface area (Å²) in [7, 11) is 0. The van der Waals surface area contributed by atoms with Gasteiger partial charge in [0.15, 0.2) is 0 Å². The summed E-state index contributed by atoms with van der Waals surface area (Å²) in [6, 6.07) is 0. The van der Waals surface area contributed by atoms with E-state index in [4.69, 9.17) is 5.11 Å². The van der Waals surface area contributed by atoms with Crippen molar-refractivity contribution in [3.05, 3.63) is 0 Å². The van der Waals surface area contributed by atoms with Crippen LogP contribution in [0.4, 0.5) is 0 Å². The van der Waals surface area contributed by atoms with E-state index in [9.17, 15) is 4.79 Å². The second-order valence-electron chi connectivity index (χ2n) is 6.25. The Morgan fingerprint density at radius 1 is 0.652 bits per heavy atom. The van der Waals surface area contributed by atoms with Gasteiger partial charge in [0.05, 0.1) is 6.54 Å². The van der Waals surface area contributed by atoms with Gasteiger partial charge in [-0.05, 0) is 13.0 Å². The third kappa shape index (κ3) is 21.4. The molecule has 0 fully saturated rings. The van der Waals surface area contributed by atoms with Crippen LogP contribution in [0.5, 0.6) is 0 Å². The van der Waals surface area contributed by atoms with E-state index in [2.05, 4.69) is 22.9 Å². The molecule has 138 valence electrons. The van der Waals surface area contributed by atoms with E-state index < -0.39 is 5.97 Å². The third-order valence-corrected chi connectivity index (χ3v) is 3.94. The summed E-state index contributed by atoms with van der Waals surface area (Å²) in [5.41, 5.74) is 0. The number of hydrogen-bond donors (Lipinski definition) is 4. The van der Waals surface area contributed by atoms with Crippen LogP contribution in [-0.2, 0) is 4.79 Å². The van der Waals surface area contributed by atoms with Crippen LogP contribution in [-0.4, -0.2) is 50.3 Å². The van der Waals surface area contributed by atoms with Gasteiger partial charge < -0.3 is 21.1 Å². The first-order valence-electron chi connectivity index (χ1n) is 9.61. The molecule has 0 aromatic heterocycles. The minimum absolute atomic E-state index is 0.0403. The van der Waals surface area contributed by atoms with Crippen molar-refractivity contribution >= 4 is 5.97 Å². The number of aliphatic carboxylic acids is 1. The summed E-state index contributed by atoms with van der Waals surface area (Å²) in [4.78, 5) is 10.3. The Morgan fingerprint density at radius 3 is 1.61 bits per heavy atom. The Kier molecular flexibility index (Phi) is 18.8. The Labute approximate surface area is 143 Å². The van der Waals surface area contributed by atoms with Gasteiger partial charge >= 0.3 is 5.97 Å². The zero-order chi connectivity index (χ0) is 17.0. The summed E-state index contributed by atoms with van der Waals surface area (Å²) in [5, 5.41) is 18.0. The van der Waals surface area contributed by atoms with Crippen molar-refractivity contribution < 1.29 is 9.90 Å². The normalized spacial score (nSPS) is 11.0. The topological polar surface area (TPSA) is 73.4 Å². The molecule has 4 N–H and O–H groups in total. The van der Waals surface area contributed by atoms with Crippen LogP contribution >= 0.6 is 0 Å². The van der Waals surface area contributed by atoms with E-state index in [1.807, 2.05) is 0 Å². The summed E-state index contributed by atoms with van der Waals surface area (Å²) in [6.45, 7) is 6.85. The van der Waals surface area contributed by atoms with Gasteiger partial charge in [-0.25, -0.2) is 0 Å². The SMILES string of the molecule is CCCCCCCCCCCCNCCNCCNCC(=O)O. The number of carboxylic acid groups (broad SMARTS) is 1. The molecule has 0 spiro atoms. The quantitative estimate of drug-likeness (QED) is 0.274. The molecule has 0 atom stereocenters. The standard InChI is InChI=1S/C18H39N3O2/c1-2-3-4-5-6-7-8-9-10-11-12-19-13-14-20-15-16-21-17-18(22)23/h19-21H,2-17H2,1H3,(H,22,23). The molecule has 0 saturated heterocycles. The fourth-order valence-electron chi connectivity index (χ4n) is 2.54. The van der Waals surface area contributed by atoms with Gasteiger partial charge in [-0.2, -0.15) is 0 Å². The Bertz CT molecular complexity index is 250. The molecule has 0 saturated carbocycles. The van der Waals surface area contributed by atoms with Crippen LogP contribution in [0.15, 0.2) is 0 Å². The first kappa shape index (κ1) is 22.4. The van der Waals surface area contributed by atoms with Gasteiger partial charge in [-0.3, -0.25) is 4.79 Å². The lowest BCUT2D eigenvalue weighted by molar-refractivity contribution is -0.135. The van der Waals surface area contributed by atoms with Crippen LogP contribution in [0.1, 0.15) is 71.1 Å².